The molecular weight excluding hydrogens is 274 g/mol. The van der Waals surface area contributed by atoms with E-state index in [2.05, 4.69) is 9.84 Å². The van der Waals surface area contributed by atoms with Crippen LogP contribution in [-0.4, -0.2) is 71.3 Å². The summed E-state index contributed by atoms with van der Waals surface area (Å²) in [6.45, 7) is 5.17. The molecule has 1 amide bonds. The molecule has 0 unspecified atom stereocenters. The predicted molar refractivity (Wildman–Crippen MR) is 76.7 cm³/mol. The topological polar surface area (TPSA) is 93.7 Å². The molecule has 1 aliphatic heterocycles. The summed E-state index contributed by atoms with van der Waals surface area (Å²) in [4.78, 5) is 27.5. The largest absolute Gasteiger partial charge is 0.468 e. The molecule has 2 heterocycles. The van der Waals surface area contributed by atoms with Gasteiger partial charge in [0.05, 0.1) is 25.5 Å². The van der Waals surface area contributed by atoms with Gasteiger partial charge in [-0.05, 0) is 6.92 Å². The van der Waals surface area contributed by atoms with E-state index in [-0.39, 0.29) is 18.4 Å². The maximum absolute atomic E-state index is 12.5. The van der Waals surface area contributed by atoms with Gasteiger partial charge in [-0.15, -0.1) is 0 Å². The number of anilines is 1. The van der Waals surface area contributed by atoms with Crippen LogP contribution in [0.1, 0.15) is 17.4 Å². The standard InChI is InChI=1S/C13H21N5O3/c1-3-18-12(10(14)8-15-18)13(20)17-6-4-16(5-7-17)9-11(19)21-2/h8H,3-7,9,14H2,1-2H3. The number of aromatic nitrogens is 2. The Labute approximate surface area is 123 Å². The van der Waals surface area contributed by atoms with Crippen molar-refractivity contribution in [2.75, 3.05) is 45.6 Å². The SMILES string of the molecule is CCn1ncc(N)c1C(=O)N1CCN(CC(=O)OC)CC1. The number of aryl methyl sites for hydroxylation is 1. The second-order valence-corrected chi connectivity index (χ2v) is 4.91. The molecule has 1 aromatic rings. The average Bonchev–Trinajstić information content (AvgIpc) is 2.88. The molecule has 21 heavy (non-hydrogen) atoms. The number of hydrogen-bond donors (Lipinski definition) is 1. The van der Waals surface area contributed by atoms with E-state index < -0.39 is 0 Å². The van der Waals surface area contributed by atoms with Crippen molar-refractivity contribution < 1.29 is 14.3 Å². The number of esters is 1. The van der Waals surface area contributed by atoms with Crippen LogP contribution in [0.5, 0.6) is 0 Å². The zero-order valence-corrected chi connectivity index (χ0v) is 12.4. The molecule has 8 heteroatoms. The summed E-state index contributed by atoms with van der Waals surface area (Å²) in [5.74, 6) is -0.368. The fourth-order valence-corrected chi connectivity index (χ4v) is 2.38. The maximum atomic E-state index is 12.5. The second-order valence-electron chi connectivity index (χ2n) is 4.91. The number of methoxy groups -OCH3 is 1. The number of nitrogens with zero attached hydrogens (tertiary/aromatic N) is 4. The first-order chi connectivity index (χ1) is 10.1. The number of carbonyl (C=O) groups excluding carboxylic acids is 2. The van der Waals surface area contributed by atoms with E-state index in [9.17, 15) is 9.59 Å². The number of amides is 1. The Balaban J connectivity index is 1.97. The predicted octanol–water partition coefficient (Wildman–Crippen LogP) is -0.584. The highest BCUT2D eigenvalue weighted by Gasteiger charge is 2.26. The van der Waals surface area contributed by atoms with Crippen LogP contribution < -0.4 is 5.73 Å². The van der Waals surface area contributed by atoms with Crippen molar-refractivity contribution in [3.8, 4) is 0 Å². The molecule has 8 nitrogen and oxygen atoms in total. The summed E-state index contributed by atoms with van der Waals surface area (Å²) in [6, 6.07) is 0. The van der Waals surface area contributed by atoms with E-state index in [4.69, 9.17) is 5.73 Å². The highest BCUT2D eigenvalue weighted by molar-refractivity contribution is 5.97. The summed E-state index contributed by atoms with van der Waals surface area (Å²) >= 11 is 0. The van der Waals surface area contributed by atoms with E-state index in [0.29, 0.717) is 44.1 Å². The van der Waals surface area contributed by atoms with E-state index in [1.165, 1.54) is 13.3 Å². The zero-order valence-electron chi connectivity index (χ0n) is 12.4. The van der Waals surface area contributed by atoms with Crippen molar-refractivity contribution in [3.05, 3.63) is 11.9 Å². The third-order valence-corrected chi connectivity index (χ3v) is 3.61. The number of carbonyl (C=O) groups is 2. The lowest BCUT2D eigenvalue weighted by Crippen LogP contribution is -2.50. The molecule has 1 aliphatic rings. The Morgan fingerprint density at radius 1 is 1.33 bits per heavy atom. The van der Waals surface area contributed by atoms with Crippen LogP contribution >= 0.6 is 0 Å². The van der Waals surface area contributed by atoms with Gasteiger partial charge in [-0.2, -0.15) is 5.10 Å². The fourth-order valence-electron chi connectivity index (χ4n) is 2.38. The molecule has 0 bridgehead atoms. The monoisotopic (exact) mass is 295 g/mol. The van der Waals surface area contributed by atoms with Crippen LogP contribution in [0.3, 0.4) is 0 Å². The number of rotatable bonds is 4. The van der Waals surface area contributed by atoms with Gasteiger partial charge in [0.2, 0.25) is 0 Å². The van der Waals surface area contributed by atoms with Gasteiger partial charge in [0, 0.05) is 32.7 Å². The molecule has 0 atom stereocenters. The minimum atomic E-state index is -0.261. The number of hydrogen-bond acceptors (Lipinski definition) is 6. The van der Waals surface area contributed by atoms with E-state index >= 15 is 0 Å². The van der Waals surface area contributed by atoms with Crippen molar-refractivity contribution in [2.45, 2.75) is 13.5 Å². The van der Waals surface area contributed by atoms with Crippen LogP contribution in [-0.2, 0) is 16.1 Å². The third kappa shape index (κ3) is 3.33. The van der Waals surface area contributed by atoms with Gasteiger partial charge in [0.25, 0.3) is 5.91 Å². The number of nitrogen functional groups attached to an aromatic ring is 1. The molecule has 0 saturated carbocycles. The third-order valence-electron chi connectivity index (χ3n) is 3.61. The summed E-state index contributed by atoms with van der Waals surface area (Å²) < 4.78 is 6.25. The quantitative estimate of drug-likeness (QED) is 0.747. The number of ether oxygens (including phenoxy) is 1. The summed E-state index contributed by atoms with van der Waals surface area (Å²) in [5, 5.41) is 4.09. The first kappa shape index (κ1) is 15.3. The first-order valence-electron chi connectivity index (χ1n) is 6.96. The molecule has 1 aromatic heterocycles. The van der Waals surface area contributed by atoms with Gasteiger partial charge >= 0.3 is 5.97 Å². The fraction of sp³-hybridized carbons (Fsp3) is 0.615. The summed E-state index contributed by atoms with van der Waals surface area (Å²) in [5.41, 5.74) is 6.68. The number of nitrogens with two attached hydrogens (primary N) is 1. The van der Waals surface area contributed by atoms with Gasteiger partial charge in [-0.1, -0.05) is 0 Å². The van der Waals surface area contributed by atoms with Gasteiger partial charge in [-0.3, -0.25) is 19.2 Å². The lowest BCUT2D eigenvalue weighted by molar-refractivity contribution is -0.142. The van der Waals surface area contributed by atoms with Gasteiger partial charge < -0.3 is 15.4 Å². The van der Waals surface area contributed by atoms with Crippen molar-refractivity contribution in [1.29, 1.82) is 0 Å². The number of piperazine rings is 1. The Morgan fingerprint density at radius 3 is 2.57 bits per heavy atom. The van der Waals surface area contributed by atoms with E-state index in [1.54, 1.807) is 9.58 Å². The van der Waals surface area contributed by atoms with Crippen LogP contribution in [0.2, 0.25) is 0 Å². The Morgan fingerprint density at radius 2 is 2.00 bits per heavy atom. The van der Waals surface area contributed by atoms with Crippen LogP contribution in [0.15, 0.2) is 6.20 Å². The maximum Gasteiger partial charge on any atom is 0.319 e. The van der Waals surface area contributed by atoms with Gasteiger partial charge in [0.1, 0.15) is 5.69 Å². The van der Waals surface area contributed by atoms with Crippen LogP contribution in [0, 0.1) is 0 Å². The second kappa shape index (κ2) is 6.57. The van der Waals surface area contributed by atoms with E-state index in [0.717, 1.165) is 0 Å². The molecule has 0 aliphatic carbocycles. The Hall–Kier alpha value is -2.09. The minimum absolute atomic E-state index is 0.107. The minimum Gasteiger partial charge on any atom is -0.468 e. The van der Waals surface area contributed by atoms with Crippen LogP contribution in [0.25, 0.3) is 0 Å². The Bertz CT molecular complexity index is 520. The normalized spacial score (nSPS) is 16.0. The molecule has 0 radical (unpaired) electrons. The lowest BCUT2D eigenvalue weighted by atomic mass is 10.2. The first-order valence-corrected chi connectivity index (χ1v) is 6.96. The molecule has 1 saturated heterocycles. The van der Waals surface area contributed by atoms with Crippen molar-refractivity contribution in [1.82, 2.24) is 19.6 Å². The highest BCUT2D eigenvalue weighted by atomic mass is 16.5. The van der Waals surface area contributed by atoms with Crippen molar-refractivity contribution in [3.63, 3.8) is 0 Å². The van der Waals surface area contributed by atoms with Crippen molar-refractivity contribution >= 4 is 17.6 Å². The van der Waals surface area contributed by atoms with Gasteiger partial charge in [0.15, 0.2) is 0 Å². The molecule has 0 aromatic carbocycles. The van der Waals surface area contributed by atoms with Gasteiger partial charge in [-0.25, -0.2) is 0 Å². The molecule has 0 spiro atoms. The van der Waals surface area contributed by atoms with Crippen LogP contribution in [0.4, 0.5) is 5.69 Å². The lowest BCUT2D eigenvalue weighted by Gasteiger charge is -2.34. The van der Waals surface area contributed by atoms with Crippen molar-refractivity contribution in [2.24, 2.45) is 0 Å². The van der Waals surface area contributed by atoms with E-state index in [1.807, 2.05) is 11.8 Å². The molecular formula is C13H21N5O3. The zero-order chi connectivity index (χ0) is 15.4. The molecule has 2 rings (SSSR count). The highest BCUT2D eigenvalue weighted by Crippen LogP contribution is 2.15. The summed E-state index contributed by atoms with van der Waals surface area (Å²) in [6.07, 6.45) is 1.50. The summed E-state index contributed by atoms with van der Waals surface area (Å²) in [7, 11) is 1.37. The smallest absolute Gasteiger partial charge is 0.319 e. The molecule has 116 valence electrons. The Kier molecular flexibility index (Phi) is 4.79. The average molecular weight is 295 g/mol. The molecule has 1 fully saturated rings. The molecule has 2 N–H and O–H groups in total.